The minimum atomic E-state index is 0.491. The van der Waals surface area contributed by atoms with E-state index in [0.717, 1.165) is 16.9 Å². The van der Waals surface area contributed by atoms with Crippen LogP contribution in [0.5, 0.6) is 11.6 Å². The lowest BCUT2D eigenvalue weighted by Gasteiger charge is -2.12. The molecule has 0 aliphatic carbocycles. The van der Waals surface area contributed by atoms with Gasteiger partial charge in [0, 0.05) is 12.3 Å². The van der Waals surface area contributed by atoms with Crippen LogP contribution in [0, 0.1) is 13.8 Å². The Morgan fingerprint density at radius 3 is 2.28 bits per heavy atom. The minimum Gasteiger partial charge on any atom is -0.489 e. The van der Waals surface area contributed by atoms with E-state index in [-0.39, 0.29) is 0 Å². The van der Waals surface area contributed by atoms with Crippen molar-refractivity contribution in [1.29, 1.82) is 0 Å². The molecular formula is C15H17NO2. The Bertz CT molecular complexity index is 477. The number of nitrogens with zero attached hydrogens (tertiary/aromatic N) is 1. The molecule has 0 aliphatic heterocycles. The van der Waals surface area contributed by atoms with Crippen LogP contribution in [0.3, 0.4) is 0 Å². The van der Waals surface area contributed by atoms with Gasteiger partial charge in [-0.05, 0) is 31.0 Å². The van der Waals surface area contributed by atoms with E-state index in [1.807, 2.05) is 50.2 Å². The highest BCUT2D eigenvalue weighted by Gasteiger charge is 2.02. The Balaban J connectivity index is 1.82. The number of aryl methyl sites for hydroxylation is 2. The number of hydrogen-bond donors (Lipinski definition) is 0. The summed E-state index contributed by atoms with van der Waals surface area (Å²) in [5, 5.41) is 0. The maximum Gasteiger partial charge on any atom is 0.213 e. The van der Waals surface area contributed by atoms with Crippen LogP contribution in [0.1, 0.15) is 11.1 Å². The van der Waals surface area contributed by atoms with Crippen molar-refractivity contribution in [2.75, 3.05) is 13.2 Å². The van der Waals surface area contributed by atoms with Crippen LogP contribution < -0.4 is 9.47 Å². The van der Waals surface area contributed by atoms with E-state index >= 15 is 0 Å². The molecule has 1 aromatic carbocycles. The molecule has 0 amide bonds. The molecular weight excluding hydrogens is 226 g/mol. The lowest BCUT2D eigenvalue weighted by molar-refractivity contribution is 0.210. The first kappa shape index (κ1) is 12.4. The summed E-state index contributed by atoms with van der Waals surface area (Å²) < 4.78 is 11.2. The van der Waals surface area contributed by atoms with Crippen LogP contribution in [-0.2, 0) is 0 Å². The fourth-order valence-corrected chi connectivity index (χ4v) is 1.75. The van der Waals surface area contributed by atoms with Gasteiger partial charge in [0.1, 0.15) is 19.0 Å². The quantitative estimate of drug-likeness (QED) is 0.756. The van der Waals surface area contributed by atoms with Gasteiger partial charge in [-0.3, -0.25) is 0 Å². The predicted molar refractivity (Wildman–Crippen MR) is 71.1 cm³/mol. The van der Waals surface area contributed by atoms with Gasteiger partial charge in [-0.15, -0.1) is 0 Å². The van der Waals surface area contributed by atoms with Gasteiger partial charge < -0.3 is 9.47 Å². The Hall–Kier alpha value is -2.03. The molecule has 0 saturated heterocycles. The van der Waals surface area contributed by atoms with Gasteiger partial charge in [0.05, 0.1) is 0 Å². The monoisotopic (exact) mass is 243 g/mol. The zero-order valence-corrected chi connectivity index (χ0v) is 10.7. The van der Waals surface area contributed by atoms with Gasteiger partial charge in [-0.25, -0.2) is 4.98 Å². The molecule has 3 nitrogen and oxygen atoms in total. The molecule has 0 N–H and O–H groups in total. The summed E-state index contributed by atoms with van der Waals surface area (Å²) in [6.45, 7) is 5.09. The van der Waals surface area contributed by atoms with E-state index in [0.29, 0.717) is 19.1 Å². The van der Waals surface area contributed by atoms with E-state index in [1.54, 1.807) is 6.20 Å². The molecule has 0 radical (unpaired) electrons. The maximum absolute atomic E-state index is 5.74. The number of ether oxygens (including phenoxy) is 2. The van der Waals surface area contributed by atoms with Crippen molar-refractivity contribution in [1.82, 2.24) is 4.98 Å². The molecule has 0 fully saturated rings. The molecule has 3 heteroatoms. The lowest BCUT2D eigenvalue weighted by atomic mass is 10.1. The molecule has 2 aromatic rings. The SMILES string of the molecule is Cc1cccc(C)c1OCCOc1ccccn1. The molecule has 0 atom stereocenters. The van der Waals surface area contributed by atoms with Crippen LogP contribution in [-0.4, -0.2) is 18.2 Å². The highest BCUT2D eigenvalue weighted by atomic mass is 16.5. The first-order valence-electron chi connectivity index (χ1n) is 6.00. The van der Waals surface area contributed by atoms with E-state index in [2.05, 4.69) is 4.98 Å². The number of pyridine rings is 1. The Morgan fingerprint density at radius 1 is 0.889 bits per heavy atom. The van der Waals surface area contributed by atoms with E-state index in [9.17, 15) is 0 Å². The number of rotatable bonds is 5. The lowest BCUT2D eigenvalue weighted by Crippen LogP contribution is -2.10. The Labute approximate surface area is 107 Å². The van der Waals surface area contributed by atoms with Crippen molar-refractivity contribution in [2.45, 2.75) is 13.8 Å². The molecule has 1 heterocycles. The second-order valence-corrected chi connectivity index (χ2v) is 4.09. The van der Waals surface area contributed by atoms with Crippen LogP contribution in [0.15, 0.2) is 42.6 Å². The fourth-order valence-electron chi connectivity index (χ4n) is 1.75. The van der Waals surface area contributed by atoms with Crippen molar-refractivity contribution >= 4 is 0 Å². The largest absolute Gasteiger partial charge is 0.489 e. The average Bonchev–Trinajstić information content (AvgIpc) is 2.38. The first-order chi connectivity index (χ1) is 8.77. The Morgan fingerprint density at radius 2 is 1.61 bits per heavy atom. The summed E-state index contributed by atoms with van der Waals surface area (Å²) in [6, 6.07) is 11.7. The van der Waals surface area contributed by atoms with Gasteiger partial charge >= 0.3 is 0 Å². The topological polar surface area (TPSA) is 31.4 Å². The van der Waals surface area contributed by atoms with Gasteiger partial charge in [0.15, 0.2) is 0 Å². The molecule has 0 aliphatic rings. The van der Waals surface area contributed by atoms with Crippen molar-refractivity contribution in [2.24, 2.45) is 0 Å². The summed E-state index contributed by atoms with van der Waals surface area (Å²) in [4.78, 5) is 4.08. The molecule has 0 saturated carbocycles. The molecule has 0 unspecified atom stereocenters. The van der Waals surface area contributed by atoms with E-state index in [1.165, 1.54) is 0 Å². The van der Waals surface area contributed by atoms with E-state index < -0.39 is 0 Å². The normalized spacial score (nSPS) is 10.1. The smallest absolute Gasteiger partial charge is 0.213 e. The van der Waals surface area contributed by atoms with Gasteiger partial charge in [0.25, 0.3) is 0 Å². The standard InChI is InChI=1S/C15H17NO2/c1-12-6-5-7-13(2)15(12)18-11-10-17-14-8-3-4-9-16-14/h3-9H,10-11H2,1-2H3. The first-order valence-corrected chi connectivity index (χ1v) is 6.00. The van der Waals surface area contributed by atoms with Crippen molar-refractivity contribution in [3.05, 3.63) is 53.7 Å². The molecule has 2 rings (SSSR count). The third-order valence-electron chi connectivity index (χ3n) is 2.63. The number of para-hydroxylation sites is 1. The zero-order chi connectivity index (χ0) is 12.8. The van der Waals surface area contributed by atoms with Crippen LogP contribution in [0.25, 0.3) is 0 Å². The zero-order valence-electron chi connectivity index (χ0n) is 10.7. The molecule has 0 spiro atoms. The van der Waals surface area contributed by atoms with Crippen LogP contribution in [0.4, 0.5) is 0 Å². The van der Waals surface area contributed by atoms with Crippen LogP contribution >= 0.6 is 0 Å². The minimum absolute atomic E-state index is 0.491. The number of benzene rings is 1. The van der Waals surface area contributed by atoms with Gasteiger partial charge in [0.2, 0.25) is 5.88 Å². The maximum atomic E-state index is 5.74. The third kappa shape index (κ3) is 3.23. The number of aromatic nitrogens is 1. The molecule has 18 heavy (non-hydrogen) atoms. The highest BCUT2D eigenvalue weighted by Crippen LogP contribution is 2.22. The third-order valence-corrected chi connectivity index (χ3v) is 2.63. The fraction of sp³-hybridized carbons (Fsp3) is 0.267. The van der Waals surface area contributed by atoms with Crippen molar-refractivity contribution < 1.29 is 9.47 Å². The van der Waals surface area contributed by atoms with Gasteiger partial charge in [-0.2, -0.15) is 0 Å². The predicted octanol–water partition coefficient (Wildman–Crippen LogP) is 3.16. The second-order valence-electron chi connectivity index (χ2n) is 4.09. The second kappa shape index (κ2) is 6.05. The molecule has 1 aromatic heterocycles. The number of hydrogen-bond acceptors (Lipinski definition) is 3. The van der Waals surface area contributed by atoms with Crippen molar-refractivity contribution in [3.63, 3.8) is 0 Å². The molecule has 94 valence electrons. The summed E-state index contributed by atoms with van der Waals surface area (Å²) in [5.41, 5.74) is 2.29. The summed E-state index contributed by atoms with van der Waals surface area (Å²) in [6.07, 6.45) is 1.71. The summed E-state index contributed by atoms with van der Waals surface area (Å²) in [7, 11) is 0. The Kier molecular flexibility index (Phi) is 4.18. The average molecular weight is 243 g/mol. The summed E-state index contributed by atoms with van der Waals surface area (Å²) in [5.74, 6) is 1.57. The van der Waals surface area contributed by atoms with E-state index in [4.69, 9.17) is 9.47 Å². The van der Waals surface area contributed by atoms with Gasteiger partial charge in [-0.1, -0.05) is 24.3 Å². The van der Waals surface area contributed by atoms with Crippen molar-refractivity contribution in [3.8, 4) is 11.6 Å². The molecule has 0 bridgehead atoms. The van der Waals surface area contributed by atoms with Crippen LogP contribution in [0.2, 0.25) is 0 Å². The summed E-state index contributed by atoms with van der Waals surface area (Å²) >= 11 is 0. The highest BCUT2D eigenvalue weighted by molar-refractivity contribution is 5.39.